The van der Waals surface area contributed by atoms with Gasteiger partial charge in [-0.1, -0.05) is 111 Å². The van der Waals surface area contributed by atoms with Gasteiger partial charge in [0.25, 0.3) is 0 Å². The molecule has 0 bridgehead atoms. The van der Waals surface area contributed by atoms with Crippen molar-refractivity contribution in [3.8, 4) is 0 Å². The molecule has 1 aromatic rings. The molecule has 1 heterocycles. The summed E-state index contributed by atoms with van der Waals surface area (Å²) < 4.78 is 5.70. The number of amides is 11. The van der Waals surface area contributed by atoms with E-state index in [0.29, 0.717) is 25.7 Å². The molecule has 0 aliphatic carbocycles. The van der Waals surface area contributed by atoms with Crippen LogP contribution in [0.5, 0.6) is 0 Å². The maximum Gasteiger partial charge on any atom is 0.308 e. The van der Waals surface area contributed by atoms with E-state index in [9.17, 15) is 67.7 Å². The van der Waals surface area contributed by atoms with Crippen LogP contribution in [0.1, 0.15) is 139 Å². The van der Waals surface area contributed by atoms with Crippen LogP contribution in [0.3, 0.4) is 0 Å². The number of likely N-dealkylation sites (N-methyl/N-ethyl adjacent to an activating group) is 1. The van der Waals surface area contributed by atoms with Gasteiger partial charge in [-0.25, -0.2) is 0 Å². The van der Waals surface area contributed by atoms with Gasteiger partial charge in [-0.3, -0.25) is 62.5 Å². The molecule has 1 aliphatic rings. The van der Waals surface area contributed by atoms with Crippen LogP contribution in [0.15, 0.2) is 35.3 Å². The van der Waals surface area contributed by atoms with Gasteiger partial charge in [0.2, 0.25) is 65.0 Å². The number of hydrogen-bond donors (Lipinski definition) is 16. The van der Waals surface area contributed by atoms with Gasteiger partial charge in [-0.15, -0.1) is 0 Å². The zero-order chi connectivity index (χ0) is 67.9. The average molecular weight is 1270 g/mol. The quantitative estimate of drug-likeness (QED) is 0.0141. The van der Waals surface area contributed by atoms with Crippen molar-refractivity contribution in [1.82, 2.24) is 58.5 Å². The number of nitrogens with one attached hydrogen (secondary N) is 11. The van der Waals surface area contributed by atoms with Gasteiger partial charge < -0.3 is 90.6 Å². The minimum Gasteiger partial charge on any atom is -0.460 e. The lowest BCUT2D eigenvalue weighted by Gasteiger charge is -2.31. The second-order valence-corrected chi connectivity index (χ2v) is 23.3. The summed E-state index contributed by atoms with van der Waals surface area (Å²) in [6, 6.07) is -5.20. The van der Waals surface area contributed by atoms with Crippen molar-refractivity contribution >= 4 is 76.9 Å². The van der Waals surface area contributed by atoms with Crippen molar-refractivity contribution in [3.63, 3.8) is 0 Å². The van der Waals surface area contributed by atoms with Crippen molar-refractivity contribution in [2.24, 2.45) is 45.9 Å². The zero-order valence-corrected chi connectivity index (χ0v) is 53.9. The molecule has 90 heavy (non-hydrogen) atoms. The van der Waals surface area contributed by atoms with E-state index in [2.05, 4.69) is 63.5 Å². The Labute approximate surface area is 527 Å². The molecule has 2 rings (SSSR count). The highest BCUT2D eigenvalue weighted by atomic mass is 16.5. The normalized spacial score (nSPS) is 21.1. The fourth-order valence-corrected chi connectivity index (χ4v) is 9.57. The number of ether oxygens (including phenoxy) is 1. The molecule has 506 valence electrons. The van der Waals surface area contributed by atoms with Crippen molar-refractivity contribution in [2.75, 3.05) is 26.8 Å². The zero-order valence-electron chi connectivity index (χ0n) is 53.9. The van der Waals surface area contributed by atoms with Gasteiger partial charge in [-0.2, -0.15) is 0 Å². The summed E-state index contributed by atoms with van der Waals surface area (Å²) in [5.41, 5.74) is 17.2. The number of carbonyl (C=O) groups excluding carboxylic acids is 12. The molecule has 0 saturated carbocycles. The maximum absolute atomic E-state index is 14.4. The molecular formula is C60H101N15O15. The molecular weight excluding hydrogens is 1170 g/mol. The van der Waals surface area contributed by atoms with Gasteiger partial charge in [0.15, 0.2) is 5.96 Å². The van der Waals surface area contributed by atoms with Crippen LogP contribution in [0.25, 0.3) is 0 Å². The van der Waals surface area contributed by atoms with Crippen LogP contribution in [0.2, 0.25) is 0 Å². The molecule has 1 fully saturated rings. The number of benzene rings is 1. The summed E-state index contributed by atoms with van der Waals surface area (Å²) in [7, 11) is 1.60. The van der Waals surface area contributed by atoms with Gasteiger partial charge >= 0.3 is 5.97 Å². The minimum absolute atomic E-state index is 0.116. The third-order valence-corrected chi connectivity index (χ3v) is 16.2. The summed E-state index contributed by atoms with van der Waals surface area (Å²) in [5, 5.41) is 49.9. The van der Waals surface area contributed by atoms with E-state index in [-0.39, 0.29) is 50.5 Å². The largest absolute Gasteiger partial charge is 0.460 e. The van der Waals surface area contributed by atoms with Crippen LogP contribution < -0.4 is 75.7 Å². The second kappa shape index (κ2) is 39.9. The van der Waals surface area contributed by atoms with Crippen LogP contribution in [-0.4, -0.2) is 186 Å². The summed E-state index contributed by atoms with van der Waals surface area (Å²) in [6.45, 7) is 14.7. The number of rotatable bonds is 34. The fraction of sp³-hybridized carbons (Fsp3) is 0.683. The molecule has 1 aromatic carbocycles. The van der Waals surface area contributed by atoms with Crippen molar-refractivity contribution in [1.29, 1.82) is 0 Å². The molecule has 30 heteroatoms. The number of cyclic esters (lactones) is 1. The number of nitrogens with two attached hydrogens (primary N) is 3. The highest BCUT2D eigenvalue weighted by molar-refractivity contribution is 5.98. The third kappa shape index (κ3) is 26.2. The molecule has 0 spiro atoms. The summed E-state index contributed by atoms with van der Waals surface area (Å²) >= 11 is 0. The Morgan fingerprint density at radius 3 is 1.60 bits per heavy atom. The van der Waals surface area contributed by atoms with Gasteiger partial charge in [0.1, 0.15) is 54.4 Å². The van der Waals surface area contributed by atoms with Gasteiger partial charge in [0.05, 0.1) is 25.7 Å². The predicted molar refractivity (Wildman–Crippen MR) is 333 cm³/mol. The minimum atomic E-state index is -1.80. The molecule has 16 atom stereocenters. The first-order valence-corrected chi connectivity index (χ1v) is 31.0. The number of guanidine groups is 1. The van der Waals surface area contributed by atoms with E-state index in [1.807, 2.05) is 37.3 Å². The van der Waals surface area contributed by atoms with E-state index in [4.69, 9.17) is 21.9 Å². The fourth-order valence-electron chi connectivity index (χ4n) is 9.57. The monoisotopic (exact) mass is 1270 g/mol. The molecule has 0 unspecified atom stereocenters. The van der Waals surface area contributed by atoms with E-state index < -0.39 is 187 Å². The molecule has 11 amide bonds. The Morgan fingerprint density at radius 1 is 0.622 bits per heavy atom. The van der Waals surface area contributed by atoms with Crippen LogP contribution in [-0.2, 0) is 68.7 Å². The van der Waals surface area contributed by atoms with Crippen LogP contribution >= 0.6 is 0 Å². The van der Waals surface area contributed by atoms with E-state index in [0.717, 1.165) is 5.56 Å². The number of nitrogens with zero attached hydrogens (tertiary/aromatic N) is 1. The topological polar surface area (TPSA) is 477 Å². The first kappa shape index (κ1) is 78.1. The second-order valence-electron chi connectivity index (χ2n) is 23.3. The molecule has 19 N–H and O–H groups in total. The molecule has 1 aliphatic heterocycles. The molecule has 0 aromatic heterocycles. The third-order valence-electron chi connectivity index (χ3n) is 16.2. The number of esters is 1. The summed E-state index contributed by atoms with van der Waals surface area (Å²) in [6.07, 6.45) is -0.822. The lowest BCUT2D eigenvalue weighted by atomic mass is 9.94. The first-order chi connectivity index (χ1) is 42.5. The lowest BCUT2D eigenvalue weighted by Crippen LogP contribution is -2.63. The van der Waals surface area contributed by atoms with Gasteiger partial charge in [0, 0.05) is 31.5 Å². The van der Waals surface area contributed by atoms with Crippen LogP contribution in [0.4, 0.5) is 0 Å². The van der Waals surface area contributed by atoms with E-state index >= 15 is 0 Å². The Balaban J connectivity index is 2.40. The molecule has 1 saturated heterocycles. The number of aliphatic hydroxyl groups excluding tert-OH is 2. The number of hydrogen-bond acceptors (Lipinski definition) is 17. The Hall–Kier alpha value is -7.99. The molecule has 0 radical (unpaired) electrons. The van der Waals surface area contributed by atoms with E-state index in [1.54, 1.807) is 55.5 Å². The number of carbonyl (C=O) groups is 12. The smallest absolute Gasteiger partial charge is 0.308 e. The predicted octanol–water partition coefficient (Wildman–Crippen LogP) is -3.10. The SMILES string of the molecule is CC[C@H](C)[C@H](NC(=O)[C@@H](Cc1ccccc1)NC)C(=O)N[C@@H](CO)C(=O)N[C@H](CCC(N)=O)C(=O)N[C@@H](C(=O)N[C@H](C(=O)N[C@@H](CO)C(=O)N[C@H]1C(=O)N[C@@H](C)CC(=O)N[C@@H](CCCN=C(N)N)C(=O)N[C@@H]([C@@H](C)CC)CC(=O)O[C@H]1C)[C@@H](C)CC)[C@@H](C)CC. The number of aliphatic hydroxyl groups is 2. The van der Waals surface area contributed by atoms with Gasteiger partial charge in [-0.05, 0) is 75.8 Å². The maximum atomic E-state index is 14.4. The number of aliphatic imine (C=N–C) groups is 1. The Morgan fingerprint density at radius 2 is 1.11 bits per heavy atom. The lowest BCUT2D eigenvalue weighted by molar-refractivity contribution is -0.153. The average Bonchev–Trinajstić information content (AvgIpc) is 1.41. The summed E-state index contributed by atoms with van der Waals surface area (Å²) in [5.74, 6) is -12.5. The Kier molecular flexibility index (Phi) is 34.6. The van der Waals surface area contributed by atoms with Crippen molar-refractivity contribution in [2.45, 2.75) is 212 Å². The Bertz CT molecular complexity index is 2590. The van der Waals surface area contributed by atoms with E-state index in [1.165, 1.54) is 13.8 Å². The standard InChI is InChI=1S/C60H101N15O15/c1-12-31(5)40-28-46(80)90-36(10)50(59(89)66-35(9)26-45(79)67-38(51(81)69-40)22-19-25-65-60(62)63)75-55(85)43(30-77)71-57(87)48(33(7)14-3)74-58(88)49(34(8)15-4)72-52(82)39(23-24-44(61)78)68-54(84)42(29-76)70-56(86)47(32(6)13-2)73-53(83)41(64-11)27-37-20-17-16-18-21-37/h16-18,20-21,31-36,38-43,47-50,64,76-77H,12-15,19,22-30H2,1-11H3,(H2,61,78)(H,66,89)(H,67,79)(H,68,84)(H,69,81)(H,70,86)(H,71,87)(H,72,82)(H,73,83)(H,74,88)(H,75,85)(H4,62,63,65)/t31-,32-,33-,34-,35-,36-,38-,39+,40+,41+,42-,43-,47-,48-,49+,50+/m0/s1. The van der Waals surface area contributed by atoms with Crippen LogP contribution in [0, 0.1) is 23.7 Å². The summed E-state index contributed by atoms with van der Waals surface area (Å²) in [4.78, 5) is 169. The van der Waals surface area contributed by atoms with Crippen molar-refractivity contribution in [3.05, 3.63) is 35.9 Å². The highest BCUT2D eigenvalue weighted by Gasteiger charge is 2.40. The highest BCUT2D eigenvalue weighted by Crippen LogP contribution is 2.18. The molecule has 30 nitrogen and oxygen atoms in total. The van der Waals surface area contributed by atoms with Crippen molar-refractivity contribution < 1.29 is 72.5 Å². The first-order valence-electron chi connectivity index (χ1n) is 31.0. The number of primary amides is 1.